The van der Waals surface area contributed by atoms with Gasteiger partial charge in [-0.05, 0) is 48.9 Å². The number of carbonyl (C=O) groups is 3. The van der Waals surface area contributed by atoms with Crippen LogP contribution in [-0.4, -0.2) is 27.8 Å². The maximum absolute atomic E-state index is 12.9. The number of rotatable bonds is 5. The molecule has 1 aliphatic carbocycles. The van der Waals surface area contributed by atoms with Gasteiger partial charge in [0.1, 0.15) is 0 Å². The molecule has 2 aliphatic rings. The van der Waals surface area contributed by atoms with E-state index in [1.54, 1.807) is 36.7 Å². The minimum absolute atomic E-state index is 0.188. The highest BCUT2D eigenvalue weighted by atomic mass is 16.7. The maximum Gasteiger partial charge on any atom is 0.336 e. The summed E-state index contributed by atoms with van der Waals surface area (Å²) >= 11 is 0. The number of hydrogen-bond donors (Lipinski definition) is 0. The Morgan fingerprint density at radius 2 is 1.74 bits per heavy atom. The molecule has 27 heavy (non-hydrogen) atoms. The van der Waals surface area contributed by atoms with Gasteiger partial charge in [0.05, 0.1) is 17.0 Å². The van der Waals surface area contributed by atoms with Gasteiger partial charge in [-0.25, -0.2) is 4.79 Å². The number of imide groups is 1. The van der Waals surface area contributed by atoms with E-state index >= 15 is 0 Å². The molecule has 6 nitrogen and oxygen atoms in total. The number of nitrogens with zero attached hydrogens (tertiary/aromatic N) is 2. The van der Waals surface area contributed by atoms with Gasteiger partial charge in [-0.3, -0.25) is 14.6 Å². The second kappa shape index (κ2) is 7.31. The quantitative estimate of drug-likeness (QED) is 0.762. The number of pyridine rings is 1. The fourth-order valence-electron chi connectivity index (χ4n) is 3.98. The molecule has 2 amide bonds. The Morgan fingerprint density at radius 1 is 1.07 bits per heavy atom. The molecule has 0 saturated heterocycles. The monoisotopic (exact) mass is 364 g/mol. The van der Waals surface area contributed by atoms with Gasteiger partial charge >= 0.3 is 5.97 Å². The first-order chi connectivity index (χ1) is 13.1. The molecular formula is C21H20N2O4. The van der Waals surface area contributed by atoms with E-state index in [2.05, 4.69) is 4.98 Å². The summed E-state index contributed by atoms with van der Waals surface area (Å²) in [6.07, 6.45) is 7.95. The molecule has 0 spiro atoms. The molecule has 2 aromatic rings. The van der Waals surface area contributed by atoms with E-state index in [0.717, 1.165) is 31.2 Å². The molecule has 4 rings (SSSR count). The molecule has 2 heterocycles. The summed E-state index contributed by atoms with van der Waals surface area (Å²) in [4.78, 5) is 47.3. The highest BCUT2D eigenvalue weighted by Gasteiger charge is 2.41. The number of carbonyl (C=O) groups excluding carboxylic acids is 3. The third-order valence-corrected chi connectivity index (χ3v) is 5.39. The normalized spacial score (nSPS) is 17.9. The lowest BCUT2D eigenvalue weighted by Crippen LogP contribution is -2.37. The topological polar surface area (TPSA) is 76.6 Å². The smallest absolute Gasteiger partial charge is 0.329 e. The van der Waals surface area contributed by atoms with Crippen LogP contribution in [0.25, 0.3) is 0 Å². The number of hydroxylamine groups is 2. The van der Waals surface area contributed by atoms with Gasteiger partial charge in [-0.2, -0.15) is 0 Å². The summed E-state index contributed by atoms with van der Waals surface area (Å²) in [5.41, 5.74) is 1.47. The predicted molar refractivity (Wildman–Crippen MR) is 96.4 cm³/mol. The first kappa shape index (κ1) is 17.4. The van der Waals surface area contributed by atoms with Gasteiger partial charge in [0.2, 0.25) is 0 Å². The molecule has 1 aliphatic heterocycles. The van der Waals surface area contributed by atoms with Gasteiger partial charge < -0.3 is 4.84 Å². The Bertz CT molecular complexity index is 840. The predicted octanol–water partition coefficient (Wildman–Crippen LogP) is 3.18. The zero-order valence-corrected chi connectivity index (χ0v) is 14.8. The standard InChI is InChI=1S/C21H20N2O4/c24-19-16-9-3-4-10-17(16)20(25)23(19)27-21(26)18(15-7-1-2-8-15)12-14-6-5-11-22-13-14/h3-6,9-11,13,15,18H,1-2,7-8,12H2. The lowest BCUT2D eigenvalue weighted by atomic mass is 9.86. The Labute approximate surface area is 157 Å². The van der Waals surface area contributed by atoms with E-state index < -0.39 is 23.7 Å². The fraction of sp³-hybridized carbons (Fsp3) is 0.333. The molecule has 6 heteroatoms. The summed E-state index contributed by atoms with van der Waals surface area (Å²) < 4.78 is 0. The van der Waals surface area contributed by atoms with Crippen LogP contribution < -0.4 is 0 Å². The van der Waals surface area contributed by atoms with Gasteiger partial charge in [0.15, 0.2) is 0 Å². The van der Waals surface area contributed by atoms with Gasteiger partial charge in [0.25, 0.3) is 11.8 Å². The highest BCUT2D eigenvalue weighted by Crippen LogP contribution is 2.35. The molecular weight excluding hydrogens is 344 g/mol. The van der Waals surface area contributed by atoms with Crippen molar-refractivity contribution in [2.45, 2.75) is 32.1 Å². The van der Waals surface area contributed by atoms with Crippen molar-refractivity contribution in [3.63, 3.8) is 0 Å². The van der Waals surface area contributed by atoms with Crippen molar-refractivity contribution in [3.8, 4) is 0 Å². The van der Waals surface area contributed by atoms with Gasteiger partial charge in [-0.1, -0.05) is 36.1 Å². The molecule has 1 aromatic heterocycles. The highest BCUT2D eigenvalue weighted by molar-refractivity contribution is 6.20. The van der Waals surface area contributed by atoms with Crippen LogP contribution in [0, 0.1) is 11.8 Å². The van der Waals surface area contributed by atoms with Crippen molar-refractivity contribution in [3.05, 3.63) is 65.5 Å². The average molecular weight is 364 g/mol. The molecule has 1 fully saturated rings. The zero-order chi connectivity index (χ0) is 18.8. The lowest BCUT2D eigenvalue weighted by Gasteiger charge is -2.23. The van der Waals surface area contributed by atoms with Crippen molar-refractivity contribution in [1.82, 2.24) is 10.0 Å². The van der Waals surface area contributed by atoms with Crippen LogP contribution in [0.15, 0.2) is 48.8 Å². The number of aromatic nitrogens is 1. The average Bonchev–Trinajstić information content (AvgIpc) is 3.31. The molecule has 0 radical (unpaired) electrons. The Morgan fingerprint density at radius 3 is 2.33 bits per heavy atom. The maximum atomic E-state index is 12.9. The van der Waals surface area contributed by atoms with Crippen LogP contribution in [0.1, 0.15) is 52.0 Å². The summed E-state index contributed by atoms with van der Waals surface area (Å²) in [7, 11) is 0. The summed E-state index contributed by atoms with van der Waals surface area (Å²) in [6.45, 7) is 0. The largest absolute Gasteiger partial charge is 0.336 e. The van der Waals surface area contributed by atoms with E-state index in [1.807, 2.05) is 12.1 Å². The Hall–Kier alpha value is -3.02. The van der Waals surface area contributed by atoms with Crippen LogP contribution in [0.3, 0.4) is 0 Å². The first-order valence-corrected chi connectivity index (χ1v) is 9.23. The van der Waals surface area contributed by atoms with Crippen molar-refractivity contribution in [2.75, 3.05) is 0 Å². The zero-order valence-electron chi connectivity index (χ0n) is 14.8. The minimum Gasteiger partial charge on any atom is -0.329 e. The Kier molecular flexibility index (Phi) is 4.71. The van der Waals surface area contributed by atoms with Crippen molar-refractivity contribution in [2.24, 2.45) is 11.8 Å². The number of benzene rings is 1. The van der Waals surface area contributed by atoms with E-state index in [-0.39, 0.29) is 17.0 Å². The van der Waals surface area contributed by atoms with E-state index in [1.165, 1.54) is 0 Å². The van der Waals surface area contributed by atoms with Crippen LogP contribution in [0.2, 0.25) is 0 Å². The summed E-state index contributed by atoms with van der Waals surface area (Å²) in [6, 6.07) is 10.2. The molecule has 0 bridgehead atoms. The van der Waals surface area contributed by atoms with E-state index in [9.17, 15) is 14.4 Å². The third kappa shape index (κ3) is 3.35. The number of amides is 2. The molecule has 0 N–H and O–H groups in total. The SMILES string of the molecule is O=C(ON1C(=O)c2ccccc2C1=O)C(Cc1cccnc1)C1CCCC1. The first-order valence-electron chi connectivity index (χ1n) is 9.23. The number of fused-ring (bicyclic) bond motifs is 1. The third-order valence-electron chi connectivity index (χ3n) is 5.39. The van der Waals surface area contributed by atoms with Crippen molar-refractivity contribution < 1.29 is 19.2 Å². The van der Waals surface area contributed by atoms with Crippen LogP contribution in [0.4, 0.5) is 0 Å². The lowest BCUT2D eigenvalue weighted by molar-refractivity contribution is -0.175. The molecule has 1 aromatic carbocycles. The van der Waals surface area contributed by atoms with Crippen LogP contribution >= 0.6 is 0 Å². The second-order valence-electron chi connectivity index (χ2n) is 7.08. The van der Waals surface area contributed by atoms with E-state index in [4.69, 9.17) is 4.84 Å². The van der Waals surface area contributed by atoms with Crippen LogP contribution in [0.5, 0.6) is 0 Å². The molecule has 1 unspecified atom stereocenters. The summed E-state index contributed by atoms with van der Waals surface area (Å²) in [5, 5.41) is 0.609. The van der Waals surface area contributed by atoms with Crippen molar-refractivity contribution in [1.29, 1.82) is 0 Å². The molecule has 1 saturated carbocycles. The second-order valence-corrected chi connectivity index (χ2v) is 7.08. The van der Waals surface area contributed by atoms with Crippen LogP contribution in [-0.2, 0) is 16.1 Å². The van der Waals surface area contributed by atoms with Gasteiger partial charge in [0, 0.05) is 12.4 Å². The van der Waals surface area contributed by atoms with E-state index in [0.29, 0.717) is 11.5 Å². The van der Waals surface area contributed by atoms with Gasteiger partial charge in [-0.15, -0.1) is 0 Å². The minimum atomic E-state index is -0.588. The molecule has 1 atom stereocenters. The Balaban J connectivity index is 1.54. The fourth-order valence-corrected chi connectivity index (χ4v) is 3.98. The molecule has 138 valence electrons. The van der Waals surface area contributed by atoms with Crippen molar-refractivity contribution >= 4 is 17.8 Å². The summed E-state index contributed by atoms with van der Waals surface area (Å²) in [5.74, 6) is -1.92. The number of hydrogen-bond acceptors (Lipinski definition) is 5.